The molecule has 0 aromatic carbocycles. The number of aliphatic hydroxyl groups is 1. The molecule has 0 spiro atoms. The molecule has 0 aromatic rings. The van der Waals surface area contributed by atoms with Gasteiger partial charge in [0.25, 0.3) is 0 Å². The average molecular weight is 147 g/mol. The number of aliphatic hydroxyl groups excluding tert-OH is 1. The van der Waals surface area contributed by atoms with Crippen molar-refractivity contribution in [3.63, 3.8) is 0 Å². The molecule has 0 bridgehead atoms. The molecule has 2 nitrogen and oxygen atoms in total. The molecule has 0 aliphatic carbocycles. The molecule has 1 atom stereocenters. The monoisotopic (exact) mass is 147 g/mol. The van der Waals surface area contributed by atoms with Crippen molar-refractivity contribution in [2.75, 3.05) is 13.1 Å². The molecule has 1 unspecified atom stereocenters. The Morgan fingerprint density at radius 1 is 1.20 bits per heavy atom. The highest BCUT2D eigenvalue weighted by atomic mass is 16.3. The minimum atomic E-state index is -0.0648. The summed E-state index contributed by atoms with van der Waals surface area (Å²) in [7, 11) is 0. The second-order valence-corrected chi connectivity index (χ2v) is 1.65. The normalized spacial score (nSPS) is 21.9. The van der Waals surface area contributed by atoms with E-state index in [-0.39, 0.29) is 6.10 Å². The van der Waals surface area contributed by atoms with E-state index in [9.17, 15) is 0 Å². The van der Waals surface area contributed by atoms with Crippen LogP contribution in [0.5, 0.6) is 0 Å². The Balaban J connectivity index is 0. The van der Waals surface area contributed by atoms with Gasteiger partial charge in [-0.1, -0.05) is 27.7 Å². The Morgan fingerprint density at radius 3 is 1.80 bits per heavy atom. The van der Waals surface area contributed by atoms with Gasteiger partial charge in [0.1, 0.15) is 0 Å². The molecule has 0 saturated carbocycles. The van der Waals surface area contributed by atoms with Crippen molar-refractivity contribution in [2.24, 2.45) is 0 Å². The van der Waals surface area contributed by atoms with Crippen molar-refractivity contribution in [1.29, 1.82) is 0 Å². The minimum Gasteiger partial charge on any atom is -0.392 e. The van der Waals surface area contributed by atoms with E-state index in [1.54, 1.807) is 0 Å². The van der Waals surface area contributed by atoms with Gasteiger partial charge in [0.2, 0.25) is 0 Å². The van der Waals surface area contributed by atoms with E-state index in [0.717, 1.165) is 19.5 Å². The van der Waals surface area contributed by atoms with Crippen LogP contribution < -0.4 is 5.32 Å². The summed E-state index contributed by atoms with van der Waals surface area (Å²) in [6, 6.07) is 0. The molecule has 1 fully saturated rings. The molecule has 0 amide bonds. The standard InChI is InChI=1S/C4H9NO.2C2H6/c6-4-1-2-5-3-4;2*1-2/h4-6H,1-3H2;2*1-2H3. The van der Waals surface area contributed by atoms with Crippen LogP contribution in [-0.4, -0.2) is 24.3 Å². The summed E-state index contributed by atoms with van der Waals surface area (Å²) in [5.41, 5.74) is 0. The second-order valence-electron chi connectivity index (χ2n) is 1.65. The first kappa shape index (κ1) is 12.6. The van der Waals surface area contributed by atoms with Crippen molar-refractivity contribution in [2.45, 2.75) is 40.2 Å². The fourth-order valence-electron chi connectivity index (χ4n) is 0.639. The largest absolute Gasteiger partial charge is 0.392 e. The molecule has 2 N–H and O–H groups in total. The van der Waals surface area contributed by atoms with Crippen molar-refractivity contribution >= 4 is 0 Å². The van der Waals surface area contributed by atoms with Gasteiger partial charge in [0.15, 0.2) is 0 Å². The van der Waals surface area contributed by atoms with Gasteiger partial charge in [-0.15, -0.1) is 0 Å². The van der Waals surface area contributed by atoms with Gasteiger partial charge >= 0.3 is 0 Å². The highest BCUT2D eigenvalue weighted by Crippen LogP contribution is 1.93. The second kappa shape index (κ2) is 11.7. The van der Waals surface area contributed by atoms with E-state index < -0.39 is 0 Å². The van der Waals surface area contributed by atoms with Crippen LogP contribution in [0.2, 0.25) is 0 Å². The van der Waals surface area contributed by atoms with E-state index in [1.165, 1.54) is 0 Å². The van der Waals surface area contributed by atoms with E-state index >= 15 is 0 Å². The van der Waals surface area contributed by atoms with E-state index in [0.29, 0.717) is 0 Å². The molecule has 10 heavy (non-hydrogen) atoms. The molecule has 64 valence electrons. The summed E-state index contributed by atoms with van der Waals surface area (Å²) in [6.45, 7) is 9.78. The van der Waals surface area contributed by atoms with E-state index in [2.05, 4.69) is 5.32 Å². The van der Waals surface area contributed by atoms with Crippen molar-refractivity contribution < 1.29 is 5.11 Å². The first-order valence-electron chi connectivity index (χ1n) is 4.28. The number of rotatable bonds is 0. The van der Waals surface area contributed by atoms with Gasteiger partial charge in [0, 0.05) is 6.54 Å². The van der Waals surface area contributed by atoms with Crippen molar-refractivity contribution in [3.05, 3.63) is 0 Å². The molecule has 2 heteroatoms. The highest BCUT2D eigenvalue weighted by Gasteiger charge is 2.08. The van der Waals surface area contributed by atoms with Crippen LogP contribution in [-0.2, 0) is 0 Å². The summed E-state index contributed by atoms with van der Waals surface area (Å²) >= 11 is 0. The van der Waals surface area contributed by atoms with Crippen LogP contribution in [0.1, 0.15) is 34.1 Å². The predicted molar refractivity (Wildman–Crippen MR) is 46.2 cm³/mol. The Kier molecular flexibility index (Phi) is 14.7. The number of hydrogen-bond acceptors (Lipinski definition) is 2. The molecule has 0 radical (unpaired) electrons. The third kappa shape index (κ3) is 7.92. The predicted octanol–water partition coefficient (Wildman–Crippen LogP) is 1.39. The summed E-state index contributed by atoms with van der Waals surface area (Å²) in [5.74, 6) is 0. The number of hydrogen-bond donors (Lipinski definition) is 2. The number of β-amino-alcohol motifs (C(OH)–C–C–N with tert-alkyl or cyclic N) is 1. The topological polar surface area (TPSA) is 32.3 Å². The summed E-state index contributed by atoms with van der Waals surface area (Å²) < 4.78 is 0. The van der Waals surface area contributed by atoms with Crippen molar-refractivity contribution in [1.82, 2.24) is 5.32 Å². The van der Waals surface area contributed by atoms with Crippen LogP contribution in [0.15, 0.2) is 0 Å². The zero-order valence-corrected chi connectivity index (χ0v) is 7.65. The van der Waals surface area contributed by atoms with Gasteiger partial charge in [-0.2, -0.15) is 0 Å². The van der Waals surface area contributed by atoms with Gasteiger partial charge in [-0.05, 0) is 13.0 Å². The molecule has 1 aliphatic heterocycles. The molecule has 1 rings (SSSR count). The molecular weight excluding hydrogens is 126 g/mol. The Labute approximate surface area is 64.6 Å². The van der Waals surface area contributed by atoms with Crippen LogP contribution in [0.25, 0.3) is 0 Å². The maximum Gasteiger partial charge on any atom is 0.0676 e. The molecule has 0 aromatic heterocycles. The molecule has 1 heterocycles. The van der Waals surface area contributed by atoms with Gasteiger partial charge in [-0.25, -0.2) is 0 Å². The zero-order valence-electron chi connectivity index (χ0n) is 7.65. The lowest BCUT2D eigenvalue weighted by Gasteiger charge is -1.90. The van der Waals surface area contributed by atoms with Gasteiger partial charge < -0.3 is 10.4 Å². The lowest BCUT2D eigenvalue weighted by molar-refractivity contribution is 0.196. The molecule has 1 aliphatic rings. The quantitative estimate of drug-likeness (QED) is 0.542. The highest BCUT2D eigenvalue weighted by molar-refractivity contribution is 4.67. The first-order chi connectivity index (χ1) is 4.89. The smallest absolute Gasteiger partial charge is 0.0676 e. The Hall–Kier alpha value is -0.0800. The van der Waals surface area contributed by atoms with Crippen LogP contribution >= 0.6 is 0 Å². The van der Waals surface area contributed by atoms with E-state index in [1.807, 2.05) is 27.7 Å². The zero-order chi connectivity index (χ0) is 8.41. The summed E-state index contributed by atoms with van der Waals surface area (Å²) in [6.07, 6.45) is 0.866. The lowest BCUT2D eigenvalue weighted by atomic mass is 10.3. The third-order valence-corrected chi connectivity index (χ3v) is 1.03. The Bertz CT molecular complexity index is 42.5. The summed E-state index contributed by atoms with van der Waals surface area (Å²) in [5, 5.41) is 11.7. The van der Waals surface area contributed by atoms with Gasteiger partial charge in [0.05, 0.1) is 6.10 Å². The maximum absolute atomic E-state index is 8.67. The molecule has 1 saturated heterocycles. The van der Waals surface area contributed by atoms with Crippen LogP contribution in [0, 0.1) is 0 Å². The minimum absolute atomic E-state index is 0.0648. The van der Waals surface area contributed by atoms with Crippen molar-refractivity contribution in [3.8, 4) is 0 Å². The van der Waals surface area contributed by atoms with Gasteiger partial charge in [-0.3, -0.25) is 0 Å². The average Bonchev–Trinajstić information content (AvgIpc) is 2.48. The maximum atomic E-state index is 8.67. The summed E-state index contributed by atoms with van der Waals surface area (Å²) in [4.78, 5) is 0. The lowest BCUT2D eigenvalue weighted by Crippen LogP contribution is -2.11. The SMILES string of the molecule is CC.CC.OC1CCNC1. The van der Waals surface area contributed by atoms with E-state index in [4.69, 9.17) is 5.11 Å². The number of nitrogens with one attached hydrogen (secondary N) is 1. The third-order valence-electron chi connectivity index (χ3n) is 1.03. The fraction of sp³-hybridized carbons (Fsp3) is 1.00. The Morgan fingerprint density at radius 2 is 1.70 bits per heavy atom. The molecular formula is C8H21NO. The van der Waals surface area contributed by atoms with Crippen LogP contribution in [0.4, 0.5) is 0 Å². The fourth-order valence-corrected chi connectivity index (χ4v) is 0.639. The first-order valence-corrected chi connectivity index (χ1v) is 4.28. The van der Waals surface area contributed by atoms with Crippen LogP contribution in [0.3, 0.4) is 0 Å².